The maximum Gasteiger partial charge on any atom is 0.254 e. The van der Waals surface area contributed by atoms with Crippen molar-refractivity contribution in [2.24, 2.45) is 0 Å². The molecule has 1 saturated heterocycles. The van der Waals surface area contributed by atoms with Crippen LogP contribution in [0, 0.1) is 0 Å². The van der Waals surface area contributed by atoms with Gasteiger partial charge >= 0.3 is 0 Å². The summed E-state index contributed by atoms with van der Waals surface area (Å²) in [6.45, 7) is 6.12. The van der Waals surface area contributed by atoms with Crippen molar-refractivity contribution in [2.45, 2.75) is 51.2 Å². The molecule has 1 heterocycles. The van der Waals surface area contributed by atoms with Gasteiger partial charge < -0.3 is 14.5 Å². The molecule has 4 rings (SSSR count). The summed E-state index contributed by atoms with van der Waals surface area (Å²) in [4.78, 5) is 17.2. The molecule has 0 aromatic heterocycles. The van der Waals surface area contributed by atoms with Crippen molar-refractivity contribution in [3.05, 3.63) is 65.7 Å². The molecule has 0 N–H and O–H groups in total. The van der Waals surface area contributed by atoms with E-state index in [1.807, 2.05) is 29.2 Å². The SMILES string of the molecule is CCN(C(=O)c1ccc(OC2CCN(CCc3ccccc3)CC2)cc1)C1CC1. The highest BCUT2D eigenvalue weighted by atomic mass is 16.5. The van der Waals surface area contributed by atoms with Gasteiger partial charge in [-0.2, -0.15) is 0 Å². The average Bonchev–Trinajstić information content (AvgIpc) is 3.60. The Hall–Kier alpha value is -2.33. The van der Waals surface area contributed by atoms with E-state index in [4.69, 9.17) is 4.74 Å². The highest BCUT2D eigenvalue weighted by Crippen LogP contribution is 2.28. The predicted octanol–water partition coefficient (Wildman–Crippen LogP) is 4.40. The summed E-state index contributed by atoms with van der Waals surface area (Å²) < 4.78 is 6.20. The minimum absolute atomic E-state index is 0.147. The zero-order valence-corrected chi connectivity index (χ0v) is 17.4. The van der Waals surface area contributed by atoms with Crippen LogP contribution in [0.25, 0.3) is 0 Å². The lowest BCUT2D eigenvalue weighted by Gasteiger charge is -2.32. The minimum Gasteiger partial charge on any atom is -0.490 e. The van der Waals surface area contributed by atoms with E-state index >= 15 is 0 Å². The van der Waals surface area contributed by atoms with Crippen molar-refractivity contribution >= 4 is 5.91 Å². The first-order valence-electron chi connectivity index (χ1n) is 11.1. The van der Waals surface area contributed by atoms with E-state index in [0.29, 0.717) is 6.04 Å². The Balaban J connectivity index is 1.22. The molecule has 0 radical (unpaired) electrons. The van der Waals surface area contributed by atoms with Gasteiger partial charge in [0.2, 0.25) is 0 Å². The first kappa shape index (κ1) is 20.0. The molecular weight excluding hydrogens is 360 g/mol. The second-order valence-electron chi connectivity index (χ2n) is 8.24. The number of amides is 1. The molecule has 2 fully saturated rings. The Morgan fingerprint density at radius 1 is 1.00 bits per heavy atom. The topological polar surface area (TPSA) is 32.8 Å². The second-order valence-corrected chi connectivity index (χ2v) is 8.24. The number of carbonyl (C=O) groups is 1. The Morgan fingerprint density at radius 2 is 1.69 bits per heavy atom. The summed E-state index contributed by atoms with van der Waals surface area (Å²) >= 11 is 0. The van der Waals surface area contributed by atoms with Crippen molar-refractivity contribution in [2.75, 3.05) is 26.2 Å². The maximum atomic E-state index is 12.6. The molecule has 1 aliphatic heterocycles. The van der Waals surface area contributed by atoms with Crippen LogP contribution >= 0.6 is 0 Å². The average molecular weight is 393 g/mol. The molecule has 154 valence electrons. The van der Waals surface area contributed by atoms with Gasteiger partial charge in [-0.3, -0.25) is 4.79 Å². The van der Waals surface area contributed by atoms with Crippen LogP contribution in [0.4, 0.5) is 0 Å². The van der Waals surface area contributed by atoms with Gasteiger partial charge in [-0.15, -0.1) is 0 Å². The normalized spacial score (nSPS) is 17.8. The largest absolute Gasteiger partial charge is 0.490 e. The first-order chi connectivity index (χ1) is 14.2. The predicted molar refractivity (Wildman–Crippen MR) is 116 cm³/mol. The minimum atomic E-state index is 0.147. The molecule has 4 heteroatoms. The summed E-state index contributed by atoms with van der Waals surface area (Å²) in [5.41, 5.74) is 2.17. The van der Waals surface area contributed by atoms with Crippen LogP contribution in [0.3, 0.4) is 0 Å². The van der Waals surface area contributed by atoms with Crippen LogP contribution in [0.1, 0.15) is 48.5 Å². The second kappa shape index (κ2) is 9.45. The Morgan fingerprint density at radius 3 is 2.31 bits per heavy atom. The summed E-state index contributed by atoms with van der Waals surface area (Å²) in [6.07, 6.45) is 5.78. The molecule has 1 amide bonds. The quantitative estimate of drug-likeness (QED) is 0.668. The van der Waals surface area contributed by atoms with Gasteiger partial charge in [-0.1, -0.05) is 30.3 Å². The maximum absolute atomic E-state index is 12.6. The number of benzene rings is 2. The molecule has 2 aliphatic rings. The van der Waals surface area contributed by atoms with E-state index < -0.39 is 0 Å². The van der Waals surface area contributed by atoms with Crippen LogP contribution < -0.4 is 4.74 Å². The number of carbonyl (C=O) groups excluding carboxylic acids is 1. The summed E-state index contributed by atoms with van der Waals surface area (Å²) in [7, 11) is 0. The molecule has 0 bridgehead atoms. The molecule has 0 spiro atoms. The fraction of sp³-hybridized carbons (Fsp3) is 0.480. The molecule has 0 unspecified atom stereocenters. The van der Waals surface area contributed by atoms with Gasteiger partial charge in [0.1, 0.15) is 11.9 Å². The molecule has 2 aromatic rings. The molecule has 4 nitrogen and oxygen atoms in total. The van der Waals surface area contributed by atoms with Gasteiger partial charge in [0.15, 0.2) is 0 Å². The van der Waals surface area contributed by atoms with E-state index in [2.05, 4.69) is 42.2 Å². The number of rotatable bonds is 8. The summed E-state index contributed by atoms with van der Waals surface area (Å²) in [6, 6.07) is 18.9. The lowest BCUT2D eigenvalue weighted by atomic mass is 10.1. The monoisotopic (exact) mass is 392 g/mol. The van der Waals surface area contributed by atoms with Crippen LogP contribution in [0.5, 0.6) is 5.75 Å². The number of likely N-dealkylation sites (tertiary alicyclic amines) is 1. The molecule has 29 heavy (non-hydrogen) atoms. The van der Waals surface area contributed by atoms with Crippen molar-refractivity contribution < 1.29 is 9.53 Å². The van der Waals surface area contributed by atoms with Crippen LogP contribution in [0.15, 0.2) is 54.6 Å². The fourth-order valence-corrected chi connectivity index (χ4v) is 4.17. The summed E-state index contributed by atoms with van der Waals surface area (Å²) in [5, 5.41) is 0. The Bertz CT molecular complexity index is 778. The summed E-state index contributed by atoms with van der Waals surface area (Å²) in [5.74, 6) is 1.02. The van der Waals surface area contributed by atoms with Crippen LogP contribution in [0.2, 0.25) is 0 Å². The zero-order valence-electron chi connectivity index (χ0n) is 17.4. The lowest BCUT2D eigenvalue weighted by molar-refractivity contribution is 0.0752. The first-order valence-corrected chi connectivity index (χ1v) is 11.1. The van der Waals surface area contributed by atoms with Gasteiger partial charge in [0.25, 0.3) is 5.91 Å². The number of nitrogens with zero attached hydrogens (tertiary/aromatic N) is 2. The number of ether oxygens (including phenoxy) is 1. The van der Waals surface area contributed by atoms with Gasteiger partial charge in [0, 0.05) is 37.8 Å². The van der Waals surface area contributed by atoms with E-state index in [1.165, 1.54) is 5.56 Å². The van der Waals surface area contributed by atoms with Crippen molar-refractivity contribution in [1.29, 1.82) is 0 Å². The smallest absolute Gasteiger partial charge is 0.254 e. The Kier molecular flexibility index (Phi) is 6.50. The van der Waals surface area contributed by atoms with Gasteiger partial charge in [-0.05, 0) is 68.9 Å². The molecule has 1 aliphatic carbocycles. The van der Waals surface area contributed by atoms with Gasteiger partial charge in [0.05, 0.1) is 0 Å². The third-order valence-electron chi connectivity index (χ3n) is 6.09. The molecule has 1 saturated carbocycles. The highest BCUT2D eigenvalue weighted by molar-refractivity contribution is 5.94. The van der Waals surface area contributed by atoms with E-state index in [0.717, 1.165) is 69.6 Å². The lowest BCUT2D eigenvalue weighted by Crippen LogP contribution is -2.39. The standard InChI is InChI=1S/C25H32N2O2/c1-2-27(22-10-11-22)25(28)21-8-12-23(13-9-21)29-24-15-18-26(19-16-24)17-14-20-6-4-3-5-7-20/h3-9,12-13,22,24H,2,10-11,14-19H2,1H3. The fourth-order valence-electron chi connectivity index (χ4n) is 4.17. The van der Waals surface area contributed by atoms with Crippen LogP contribution in [-0.2, 0) is 6.42 Å². The highest BCUT2D eigenvalue weighted by Gasteiger charge is 2.31. The molecular formula is C25H32N2O2. The van der Waals surface area contributed by atoms with E-state index in [9.17, 15) is 4.79 Å². The van der Waals surface area contributed by atoms with Crippen LogP contribution in [-0.4, -0.2) is 54.0 Å². The third kappa shape index (κ3) is 5.39. The van der Waals surface area contributed by atoms with E-state index in [-0.39, 0.29) is 12.0 Å². The number of piperidine rings is 1. The zero-order chi connectivity index (χ0) is 20.1. The number of hydrogen-bond donors (Lipinski definition) is 0. The van der Waals surface area contributed by atoms with Crippen molar-refractivity contribution in [3.63, 3.8) is 0 Å². The molecule has 2 aromatic carbocycles. The van der Waals surface area contributed by atoms with Crippen molar-refractivity contribution in [3.8, 4) is 5.75 Å². The van der Waals surface area contributed by atoms with Gasteiger partial charge in [-0.25, -0.2) is 0 Å². The van der Waals surface area contributed by atoms with Crippen molar-refractivity contribution in [1.82, 2.24) is 9.80 Å². The Labute approximate surface area is 174 Å². The van der Waals surface area contributed by atoms with E-state index in [1.54, 1.807) is 0 Å². The molecule has 0 atom stereocenters. The third-order valence-corrected chi connectivity index (χ3v) is 6.09. The number of hydrogen-bond acceptors (Lipinski definition) is 3.